The molecule has 0 aromatic rings. The average Bonchev–Trinajstić information content (AvgIpc) is 2.80. The molecule has 3 saturated carbocycles. The van der Waals surface area contributed by atoms with Crippen LogP contribution in [0.25, 0.3) is 0 Å². The quantitative estimate of drug-likeness (QED) is 0.644. The van der Waals surface area contributed by atoms with Gasteiger partial charge in [0.15, 0.2) is 0 Å². The van der Waals surface area contributed by atoms with Crippen LogP contribution in [0.15, 0.2) is 0 Å². The number of cyclic esters (lactones) is 1. The second kappa shape index (κ2) is 2.86. The van der Waals surface area contributed by atoms with Crippen molar-refractivity contribution >= 4 is 5.97 Å². The predicted octanol–water partition coefficient (Wildman–Crippen LogP) is 1.10. The van der Waals surface area contributed by atoms with Crippen LogP contribution in [0.1, 0.15) is 40.0 Å². The van der Waals surface area contributed by atoms with Crippen molar-refractivity contribution in [3.63, 3.8) is 0 Å². The summed E-state index contributed by atoms with van der Waals surface area (Å²) in [5.74, 6) is -0.200. The number of carbonyl (C=O) groups excluding carboxylic acids is 1. The largest absolute Gasteiger partial charge is 0.464 e. The minimum absolute atomic E-state index is 0.00113. The van der Waals surface area contributed by atoms with Crippen molar-refractivity contribution in [2.45, 2.75) is 51.7 Å². The molecular weight excluding hydrogens is 244 g/mol. The monoisotopic (exact) mass is 266 g/mol. The Labute approximate surface area is 113 Å². The van der Waals surface area contributed by atoms with Crippen LogP contribution < -0.4 is 0 Å². The predicted molar refractivity (Wildman–Crippen MR) is 67.1 cm³/mol. The molecule has 1 heterocycles. The van der Waals surface area contributed by atoms with E-state index in [1.54, 1.807) is 6.92 Å². The van der Waals surface area contributed by atoms with Gasteiger partial charge in [-0.25, -0.2) is 0 Å². The Morgan fingerprint density at radius 3 is 2.63 bits per heavy atom. The average molecular weight is 266 g/mol. The van der Waals surface area contributed by atoms with E-state index in [1.165, 1.54) is 0 Å². The summed E-state index contributed by atoms with van der Waals surface area (Å²) in [4.78, 5) is 12.2. The molecule has 4 fully saturated rings. The maximum absolute atomic E-state index is 12.2. The van der Waals surface area contributed by atoms with Crippen molar-refractivity contribution in [3.05, 3.63) is 0 Å². The van der Waals surface area contributed by atoms with Crippen LogP contribution in [0, 0.1) is 28.1 Å². The first-order valence-corrected chi connectivity index (χ1v) is 7.26. The fraction of sp³-hybridized carbons (Fsp3) is 0.933. The van der Waals surface area contributed by atoms with Crippen LogP contribution in [-0.4, -0.2) is 34.5 Å². The molecule has 0 bridgehead atoms. The van der Waals surface area contributed by atoms with E-state index in [0.29, 0.717) is 6.42 Å². The van der Waals surface area contributed by atoms with Gasteiger partial charge in [0.2, 0.25) is 0 Å². The van der Waals surface area contributed by atoms with Crippen molar-refractivity contribution < 1.29 is 19.7 Å². The number of hydrogen-bond donors (Lipinski definition) is 2. The summed E-state index contributed by atoms with van der Waals surface area (Å²) >= 11 is 0. The topological polar surface area (TPSA) is 66.8 Å². The van der Waals surface area contributed by atoms with E-state index in [4.69, 9.17) is 4.74 Å². The zero-order chi connectivity index (χ0) is 13.8. The molecule has 3 aliphatic carbocycles. The number of esters is 1. The summed E-state index contributed by atoms with van der Waals surface area (Å²) in [5, 5.41) is 21.9. The Hall–Kier alpha value is -0.610. The second-order valence-corrected chi connectivity index (χ2v) is 8.25. The molecular formula is C15H22O4. The molecule has 19 heavy (non-hydrogen) atoms. The zero-order valence-corrected chi connectivity index (χ0v) is 11.8. The molecule has 106 valence electrons. The lowest BCUT2D eigenvalue weighted by Crippen LogP contribution is -2.58. The van der Waals surface area contributed by atoms with Crippen molar-refractivity contribution in [1.82, 2.24) is 0 Å². The van der Waals surface area contributed by atoms with Crippen molar-refractivity contribution in [3.8, 4) is 0 Å². The maximum atomic E-state index is 12.2. The van der Waals surface area contributed by atoms with Crippen molar-refractivity contribution in [1.29, 1.82) is 0 Å². The molecule has 4 heteroatoms. The summed E-state index contributed by atoms with van der Waals surface area (Å²) in [7, 11) is 0. The van der Waals surface area contributed by atoms with Crippen LogP contribution in [0.2, 0.25) is 0 Å². The van der Waals surface area contributed by atoms with E-state index in [1.807, 2.05) is 0 Å². The van der Waals surface area contributed by atoms with E-state index in [9.17, 15) is 15.0 Å². The summed E-state index contributed by atoms with van der Waals surface area (Å²) in [6.07, 6.45) is 1.87. The van der Waals surface area contributed by atoms with Gasteiger partial charge in [-0.05, 0) is 43.4 Å². The van der Waals surface area contributed by atoms with Gasteiger partial charge in [-0.2, -0.15) is 0 Å². The highest BCUT2D eigenvalue weighted by Gasteiger charge is 2.90. The van der Waals surface area contributed by atoms with Gasteiger partial charge in [-0.3, -0.25) is 4.79 Å². The van der Waals surface area contributed by atoms with Crippen LogP contribution >= 0.6 is 0 Å². The molecule has 4 nitrogen and oxygen atoms in total. The SMILES string of the molecule is CC1(C)C[C@H]2[C@@H](O)[C@]34COC(=O)[C@@]3(C4)[C@](C)(O)[C@@H]2C1. The summed E-state index contributed by atoms with van der Waals surface area (Å²) in [5.41, 5.74) is -2.25. The Morgan fingerprint density at radius 2 is 1.95 bits per heavy atom. The second-order valence-electron chi connectivity index (χ2n) is 8.25. The van der Waals surface area contributed by atoms with Gasteiger partial charge in [0, 0.05) is 0 Å². The van der Waals surface area contributed by atoms with Crippen LogP contribution in [-0.2, 0) is 9.53 Å². The highest BCUT2D eigenvalue weighted by atomic mass is 16.5. The molecule has 0 aromatic heterocycles. The summed E-state index contributed by atoms with van der Waals surface area (Å²) in [6, 6.07) is 0. The molecule has 4 aliphatic rings. The number of ether oxygens (including phenoxy) is 1. The van der Waals surface area contributed by atoms with Gasteiger partial charge < -0.3 is 14.9 Å². The molecule has 0 aromatic carbocycles. The first-order valence-electron chi connectivity index (χ1n) is 7.26. The fourth-order valence-corrected chi connectivity index (χ4v) is 5.81. The Balaban J connectivity index is 1.85. The van der Waals surface area contributed by atoms with Crippen LogP contribution in [0.4, 0.5) is 0 Å². The number of fused-ring (bicyclic) bond motifs is 1. The number of rotatable bonds is 0. The van der Waals surface area contributed by atoms with Gasteiger partial charge in [0.1, 0.15) is 12.0 Å². The normalized spacial score (nSPS) is 61.1. The number of carbonyl (C=O) groups is 1. The Kier molecular flexibility index (Phi) is 1.83. The lowest BCUT2D eigenvalue weighted by molar-refractivity contribution is -0.172. The minimum Gasteiger partial charge on any atom is -0.464 e. The van der Waals surface area contributed by atoms with Crippen LogP contribution in [0.3, 0.4) is 0 Å². The maximum Gasteiger partial charge on any atom is 0.315 e. The van der Waals surface area contributed by atoms with E-state index < -0.39 is 22.5 Å². The highest BCUT2D eigenvalue weighted by Crippen LogP contribution is 2.81. The molecule has 0 amide bonds. The van der Waals surface area contributed by atoms with Gasteiger partial charge in [-0.15, -0.1) is 0 Å². The Morgan fingerprint density at radius 1 is 1.26 bits per heavy atom. The lowest BCUT2D eigenvalue weighted by atomic mass is 9.60. The first-order chi connectivity index (χ1) is 8.68. The van der Waals surface area contributed by atoms with E-state index in [0.717, 1.165) is 12.8 Å². The molecule has 6 atom stereocenters. The third kappa shape index (κ3) is 1.03. The summed E-state index contributed by atoms with van der Waals surface area (Å²) in [6.45, 7) is 6.45. The standard InChI is InChI=1S/C15H22O4/c1-12(2)4-8-9(5-12)13(3,18)15-6-14(15,10(8)16)7-19-11(15)17/h8-10,16,18H,4-7H2,1-3H3/t8-,9-,10-,13-,14+,15+/m1/s1. The van der Waals surface area contributed by atoms with Gasteiger partial charge in [0.05, 0.1) is 17.1 Å². The number of aliphatic hydroxyl groups excluding tert-OH is 1. The Bertz CT molecular complexity index is 483. The van der Waals surface area contributed by atoms with Crippen molar-refractivity contribution in [2.24, 2.45) is 28.1 Å². The molecule has 0 unspecified atom stereocenters. The van der Waals surface area contributed by atoms with E-state index in [2.05, 4.69) is 13.8 Å². The third-order valence-corrected chi connectivity index (χ3v) is 6.75. The fourth-order valence-electron chi connectivity index (χ4n) is 5.81. The third-order valence-electron chi connectivity index (χ3n) is 6.75. The minimum atomic E-state index is -1.04. The molecule has 2 N–H and O–H groups in total. The number of hydrogen-bond acceptors (Lipinski definition) is 4. The van der Waals surface area contributed by atoms with E-state index >= 15 is 0 Å². The molecule has 4 rings (SSSR count). The lowest BCUT2D eigenvalue weighted by Gasteiger charge is -2.47. The molecule has 1 saturated heterocycles. The number of aliphatic hydroxyl groups is 2. The van der Waals surface area contributed by atoms with Gasteiger partial charge >= 0.3 is 5.97 Å². The highest BCUT2D eigenvalue weighted by molar-refractivity contribution is 5.87. The zero-order valence-electron chi connectivity index (χ0n) is 11.8. The van der Waals surface area contributed by atoms with Gasteiger partial charge in [-0.1, -0.05) is 13.8 Å². The summed E-state index contributed by atoms with van der Waals surface area (Å²) < 4.78 is 5.21. The van der Waals surface area contributed by atoms with Crippen LogP contribution in [0.5, 0.6) is 0 Å². The first kappa shape index (κ1) is 12.2. The van der Waals surface area contributed by atoms with Gasteiger partial charge in [0.25, 0.3) is 0 Å². The van der Waals surface area contributed by atoms with Crippen molar-refractivity contribution in [2.75, 3.05) is 6.61 Å². The smallest absolute Gasteiger partial charge is 0.315 e. The molecule has 0 radical (unpaired) electrons. The molecule has 0 spiro atoms. The molecule has 1 aliphatic heterocycles. The van der Waals surface area contributed by atoms with E-state index in [-0.39, 0.29) is 29.8 Å².